The second kappa shape index (κ2) is 15.4. The zero-order valence-corrected chi connectivity index (χ0v) is 24.9. The molecule has 0 saturated carbocycles. The van der Waals surface area contributed by atoms with Crippen LogP contribution in [0.1, 0.15) is 59.3 Å². The van der Waals surface area contributed by atoms with E-state index in [2.05, 4.69) is 16.0 Å². The van der Waals surface area contributed by atoms with Gasteiger partial charge in [-0.05, 0) is 48.1 Å². The number of benzene rings is 3. The first-order valence-corrected chi connectivity index (χ1v) is 14.7. The van der Waals surface area contributed by atoms with E-state index in [9.17, 15) is 24.3 Å². The third kappa shape index (κ3) is 8.25. The van der Waals surface area contributed by atoms with Crippen molar-refractivity contribution >= 4 is 34.8 Å². The van der Waals surface area contributed by atoms with Gasteiger partial charge in [-0.15, -0.1) is 0 Å². The molecular formula is C34H38N4O6. The zero-order valence-electron chi connectivity index (χ0n) is 24.9. The summed E-state index contributed by atoms with van der Waals surface area (Å²) in [6.45, 7) is 2.28. The van der Waals surface area contributed by atoms with Crippen LogP contribution in [0.2, 0.25) is 0 Å². The third-order valence-corrected chi connectivity index (χ3v) is 7.55. The van der Waals surface area contributed by atoms with Crippen LogP contribution < -0.4 is 16.0 Å². The van der Waals surface area contributed by atoms with Crippen molar-refractivity contribution in [1.29, 1.82) is 0 Å². The molecule has 0 spiro atoms. The van der Waals surface area contributed by atoms with Crippen LogP contribution in [-0.4, -0.2) is 46.1 Å². The number of nitrogens with one attached hydrogen (secondary N) is 3. The molecule has 1 heterocycles. The van der Waals surface area contributed by atoms with E-state index in [1.54, 1.807) is 48.9 Å². The molecule has 1 unspecified atom stereocenters. The highest BCUT2D eigenvalue weighted by atomic mass is 16.5. The Morgan fingerprint density at radius 3 is 2.34 bits per heavy atom. The van der Waals surface area contributed by atoms with Gasteiger partial charge >= 0.3 is 12.1 Å². The number of alkyl carbamates (subject to hydrolysis) is 1. The molecule has 2 atom stereocenters. The van der Waals surface area contributed by atoms with Gasteiger partial charge in [0.2, 0.25) is 5.91 Å². The topological polar surface area (TPSA) is 139 Å². The lowest BCUT2D eigenvalue weighted by Gasteiger charge is -2.20. The Hall–Kier alpha value is -5.12. The maximum absolute atomic E-state index is 13.5. The number of fused-ring (bicyclic) bond motifs is 1. The molecule has 3 amide bonds. The summed E-state index contributed by atoms with van der Waals surface area (Å²) in [5.41, 5.74) is 3.49. The highest BCUT2D eigenvalue weighted by Crippen LogP contribution is 2.24. The van der Waals surface area contributed by atoms with Gasteiger partial charge < -0.3 is 30.4 Å². The molecular weight excluding hydrogens is 560 g/mol. The Labute approximate surface area is 256 Å². The maximum atomic E-state index is 13.5. The Morgan fingerprint density at radius 2 is 1.61 bits per heavy atom. The van der Waals surface area contributed by atoms with Gasteiger partial charge in [0.05, 0.1) is 5.92 Å². The number of ether oxygens (including phenoxy) is 1. The molecule has 4 N–H and O–H groups in total. The van der Waals surface area contributed by atoms with Crippen molar-refractivity contribution in [3.63, 3.8) is 0 Å². The van der Waals surface area contributed by atoms with Gasteiger partial charge in [0, 0.05) is 31.0 Å². The Bertz CT molecular complexity index is 1600. The first kappa shape index (κ1) is 31.8. The van der Waals surface area contributed by atoms with Gasteiger partial charge in [0.1, 0.15) is 18.3 Å². The largest absolute Gasteiger partial charge is 0.481 e. The second-order valence-electron chi connectivity index (χ2n) is 10.5. The van der Waals surface area contributed by atoms with E-state index >= 15 is 0 Å². The van der Waals surface area contributed by atoms with Crippen LogP contribution >= 0.6 is 0 Å². The molecule has 4 rings (SSSR count). The predicted molar refractivity (Wildman–Crippen MR) is 167 cm³/mol. The Morgan fingerprint density at radius 1 is 0.909 bits per heavy atom. The summed E-state index contributed by atoms with van der Waals surface area (Å²) in [7, 11) is 1.79. The number of rotatable bonds is 14. The van der Waals surface area contributed by atoms with Crippen molar-refractivity contribution in [2.45, 2.75) is 51.3 Å². The molecule has 1 aromatic heterocycles. The molecule has 44 heavy (non-hydrogen) atoms. The number of aliphatic carboxylic acids is 1. The first-order valence-electron chi connectivity index (χ1n) is 14.7. The average molecular weight is 599 g/mol. The lowest BCUT2D eigenvalue weighted by molar-refractivity contribution is -0.138. The lowest BCUT2D eigenvalue weighted by Crippen LogP contribution is -2.47. The summed E-state index contributed by atoms with van der Waals surface area (Å²) in [4.78, 5) is 50.8. The summed E-state index contributed by atoms with van der Waals surface area (Å²) in [6.07, 6.45) is 0.469. The molecule has 0 aliphatic rings. The highest BCUT2D eigenvalue weighted by molar-refractivity contribution is 6.00. The number of para-hydroxylation sites is 1. The van der Waals surface area contributed by atoms with Gasteiger partial charge in [-0.3, -0.25) is 14.4 Å². The van der Waals surface area contributed by atoms with E-state index in [0.717, 1.165) is 16.5 Å². The number of amides is 3. The monoisotopic (exact) mass is 598 g/mol. The van der Waals surface area contributed by atoms with Crippen molar-refractivity contribution in [2.24, 2.45) is 7.05 Å². The summed E-state index contributed by atoms with van der Waals surface area (Å²) in [5, 5.41) is 19.0. The zero-order chi connectivity index (χ0) is 31.5. The summed E-state index contributed by atoms with van der Waals surface area (Å²) in [5.74, 6) is -2.45. The van der Waals surface area contributed by atoms with E-state index < -0.39 is 35.8 Å². The van der Waals surface area contributed by atoms with Crippen molar-refractivity contribution in [1.82, 2.24) is 20.5 Å². The van der Waals surface area contributed by atoms with Gasteiger partial charge in [-0.25, -0.2) is 4.79 Å². The number of carboxylic acid groups (broad SMARTS) is 1. The number of hydrogen-bond donors (Lipinski definition) is 4. The van der Waals surface area contributed by atoms with Crippen LogP contribution in [0.25, 0.3) is 10.9 Å². The van der Waals surface area contributed by atoms with Gasteiger partial charge in [0.15, 0.2) is 0 Å². The standard InChI is InChI=1S/C34H38N4O6/c1-3-26(33(41)42)27-16-9-7-15-25(27)21-36-31(39)28(17-11-19-35-34(43)44-22-23-12-5-4-6-13-23)37-32(40)30-20-24-14-8-10-18-29(24)38(30)2/h4-10,12-16,18,20,26,28H,3,11,17,19,21-22H2,1-2H3,(H,35,43)(H,36,39)(H,37,40)(H,41,42)/t26?,28-/m0/s1. The number of aryl methyl sites for hydroxylation is 1. The minimum absolute atomic E-state index is 0.100. The third-order valence-electron chi connectivity index (χ3n) is 7.55. The van der Waals surface area contributed by atoms with Crippen molar-refractivity contribution in [3.8, 4) is 0 Å². The number of carbonyl (C=O) groups excluding carboxylic acids is 3. The van der Waals surface area contributed by atoms with Gasteiger partial charge in [0.25, 0.3) is 5.91 Å². The average Bonchev–Trinajstić information content (AvgIpc) is 3.37. The summed E-state index contributed by atoms with van der Waals surface area (Å²) < 4.78 is 7.02. The van der Waals surface area contributed by atoms with Crippen LogP contribution in [0.5, 0.6) is 0 Å². The SMILES string of the molecule is CCC(C(=O)O)c1ccccc1CNC(=O)[C@H](CCCNC(=O)OCc1ccccc1)NC(=O)c1cc2ccccc2n1C. The highest BCUT2D eigenvalue weighted by Gasteiger charge is 2.25. The molecule has 4 aromatic rings. The van der Waals surface area contributed by atoms with Crippen molar-refractivity contribution in [2.75, 3.05) is 6.54 Å². The first-order chi connectivity index (χ1) is 21.3. The number of carboxylic acids is 1. The minimum Gasteiger partial charge on any atom is -0.481 e. The van der Waals surface area contributed by atoms with Crippen LogP contribution in [0.15, 0.2) is 84.9 Å². The van der Waals surface area contributed by atoms with Gasteiger partial charge in [-0.2, -0.15) is 0 Å². The van der Waals surface area contributed by atoms with Crippen LogP contribution in [-0.2, 0) is 34.5 Å². The Kier molecular flexibility index (Phi) is 11.1. The van der Waals surface area contributed by atoms with E-state index in [-0.39, 0.29) is 26.1 Å². The molecule has 0 fully saturated rings. The molecule has 3 aromatic carbocycles. The molecule has 230 valence electrons. The van der Waals surface area contributed by atoms with Crippen LogP contribution in [0.3, 0.4) is 0 Å². The Balaban J connectivity index is 1.41. The van der Waals surface area contributed by atoms with E-state index in [1.807, 2.05) is 54.6 Å². The van der Waals surface area contributed by atoms with Crippen molar-refractivity contribution in [3.05, 3.63) is 107 Å². The molecule has 0 bridgehead atoms. The molecule has 10 heteroatoms. The normalized spacial score (nSPS) is 12.2. The van der Waals surface area contributed by atoms with Crippen LogP contribution in [0, 0.1) is 0 Å². The molecule has 0 aliphatic carbocycles. The molecule has 10 nitrogen and oxygen atoms in total. The number of carbonyl (C=O) groups is 4. The summed E-state index contributed by atoms with van der Waals surface area (Å²) >= 11 is 0. The molecule has 0 saturated heterocycles. The lowest BCUT2D eigenvalue weighted by atomic mass is 9.92. The van der Waals surface area contributed by atoms with E-state index in [1.165, 1.54) is 0 Å². The number of aromatic nitrogens is 1. The number of hydrogen-bond acceptors (Lipinski definition) is 5. The summed E-state index contributed by atoms with van der Waals surface area (Å²) in [6, 6.07) is 24.9. The molecule has 0 radical (unpaired) electrons. The quantitative estimate of drug-likeness (QED) is 0.153. The smallest absolute Gasteiger partial charge is 0.407 e. The molecule has 0 aliphatic heterocycles. The maximum Gasteiger partial charge on any atom is 0.407 e. The van der Waals surface area contributed by atoms with Crippen molar-refractivity contribution < 1.29 is 29.0 Å². The minimum atomic E-state index is -0.929. The predicted octanol–water partition coefficient (Wildman–Crippen LogP) is 4.88. The fourth-order valence-electron chi connectivity index (χ4n) is 5.15. The fourth-order valence-corrected chi connectivity index (χ4v) is 5.15. The van der Waals surface area contributed by atoms with E-state index in [0.29, 0.717) is 29.7 Å². The second-order valence-corrected chi connectivity index (χ2v) is 10.5. The fraction of sp³-hybridized carbons (Fsp3) is 0.294. The number of nitrogens with zero attached hydrogens (tertiary/aromatic N) is 1. The van der Waals surface area contributed by atoms with E-state index in [4.69, 9.17) is 4.74 Å². The van der Waals surface area contributed by atoms with Gasteiger partial charge in [-0.1, -0.05) is 79.7 Å². The van der Waals surface area contributed by atoms with Crippen LogP contribution in [0.4, 0.5) is 4.79 Å².